The van der Waals surface area contributed by atoms with Crippen molar-refractivity contribution in [2.75, 3.05) is 38.1 Å². The van der Waals surface area contributed by atoms with E-state index in [0.29, 0.717) is 24.1 Å². The highest BCUT2D eigenvalue weighted by atomic mass is 127. The van der Waals surface area contributed by atoms with Crippen molar-refractivity contribution in [1.29, 1.82) is 0 Å². The Bertz CT molecular complexity index is 884. The molecule has 0 saturated carbocycles. The Kier molecular flexibility index (Phi) is 9.57. The van der Waals surface area contributed by atoms with Gasteiger partial charge in [-0.25, -0.2) is 9.37 Å². The Labute approximate surface area is 197 Å². The van der Waals surface area contributed by atoms with E-state index in [1.165, 1.54) is 12.1 Å². The van der Waals surface area contributed by atoms with Gasteiger partial charge in [0.15, 0.2) is 5.96 Å². The first kappa shape index (κ1) is 24.1. The lowest BCUT2D eigenvalue weighted by Crippen LogP contribution is -2.46. The van der Waals surface area contributed by atoms with Gasteiger partial charge in [-0.05, 0) is 30.7 Å². The molecule has 1 amide bonds. The number of nitrogens with zero attached hydrogens (tertiary/aromatic N) is 3. The number of pyridine rings is 1. The third kappa shape index (κ3) is 6.43. The summed E-state index contributed by atoms with van der Waals surface area (Å²) in [5.41, 5.74) is 0.0363. The van der Waals surface area contributed by atoms with Gasteiger partial charge >= 0.3 is 0 Å². The molecule has 1 atom stereocenters. The van der Waals surface area contributed by atoms with Crippen molar-refractivity contribution in [3.63, 3.8) is 0 Å². The highest BCUT2D eigenvalue weighted by molar-refractivity contribution is 14.0. The number of aromatic nitrogens is 1. The summed E-state index contributed by atoms with van der Waals surface area (Å²) in [7, 11) is 1.69. The van der Waals surface area contributed by atoms with Gasteiger partial charge in [0.1, 0.15) is 11.6 Å². The molecule has 7 nitrogen and oxygen atoms in total. The Morgan fingerprint density at radius 1 is 1.27 bits per heavy atom. The Morgan fingerprint density at radius 2 is 2.03 bits per heavy atom. The fourth-order valence-corrected chi connectivity index (χ4v) is 3.41. The third-order valence-corrected chi connectivity index (χ3v) is 4.91. The largest absolute Gasteiger partial charge is 0.355 e. The highest BCUT2D eigenvalue weighted by Gasteiger charge is 2.25. The zero-order chi connectivity index (χ0) is 20.6. The number of hydrogen-bond acceptors (Lipinski definition) is 4. The molecular weight excluding hydrogens is 522 g/mol. The summed E-state index contributed by atoms with van der Waals surface area (Å²) in [5, 5.41) is 9.85. The fourth-order valence-electron chi connectivity index (χ4n) is 3.17. The monoisotopic (exact) mass is 546 g/mol. The van der Waals surface area contributed by atoms with Gasteiger partial charge in [-0.1, -0.05) is 23.7 Å². The van der Waals surface area contributed by atoms with E-state index in [4.69, 9.17) is 11.6 Å². The molecule has 1 aromatic heterocycles. The standard InChI is InChI=1S/C20H24ClFN6O.HI/c1-23-20(26-11-10-25-19(29)15-5-2-3-7-17(15)22)27-14-8-12-28(13-14)18-16(21)6-4-9-24-18;/h2-7,9,14H,8,10-13H2,1H3,(H,25,29)(H2,23,26,27);1H. The number of anilines is 1. The molecule has 30 heavy (non-hydrogen) atoms. The van der Waals surface area contributed by atoms with Gasteiger partial charge in [0.25, 0.3) is 5.91 Å². The second-order valence-corrected chi connectivity index (χ2v) is 7.03. The van der Waals surface area contributed by atoms with Gasteiger partial charge in [-0.2, -0.15) is 0 Å². The predicted molar refractivity (Wildman–Crippen MR) is 129 cm³/mol. The van der Waals surface area contributed by atoms with Crippen LogP contribution in [0.3, 0.4) is 0 Å². The van der Waals surface area contributed by atoms with Crippen LogP contribution in [0, 0.1) is 5.82 Å². The average Bonchev–Trinajstić information content (AvgIpc) is 3.19. The number of carbonyl (C=O) groups excluding carboxylic acids is 1. The van der Waals surface area contributed by atoms with Gasteiger partial charge in [-0.3, -0.25) is 9.79 Å². The van der Waals surface area contributed by atoms with Crippen LogP contribution in [-0.2, 0) is 0 Å². The van der Waals surface area contributed by atoms with Crippen LogP contribution in [0.2, 0.25) is 5.02 Å². The number of aliphatic imine (C=N–C) groups is 1. The molecule has 0 aliphatic carbocycles. The summed E-state index contributed by atoms with van der Waals surface area (Å²) >= 11 is 6.23. The van der Waals surface area contributed by atoms with Crippen LogP contribution in [0.5, 0.6) is 0 Å². The van der Waals surface area contributed by atoms with Crippen molar-refractivity contribution in [2.45, 2.75) is 12.5 Å². The van der Waals surface area contributed by atoms with E-state index in [0.717, 1.165) is 25.3 Å². The van der Waals surface area contributed by atoms with E-state index in [1.807, 2.05) is 12.1 Å². The summed E-state index contributed by atoms with van der Waals surface area (Å²) in [4.78, 5) is 22.7. The topological polar surface area (TPSA) is 81.6 Å². The molecule has 1 aromatic carbocycles. The number of guanidine groups is 1. The molecule has 3 N–H and O–H groups in total. The number of rotatable bonds is 6. The average molecular weight is 547 g/mol. The van der Waals surface area contributed by atoms with Crippen molar-refractivity contribution in [2.24, 2.45) is 4.99 Å². The van der Waals surface area contributed by atoms with Crippen LogP contribution in [0.1, 0.15) is 16.8 Å². The Balaban J connectivity index is 0.00000320. The minimum Gasteiger partial charge on any atom is -0.355 e. The van der Waals surface area contributed by atoms with Crippen LogP contribution in [0.15, 0.2) is 47.6 Å². The van der Waals surface area contributed by atoms with E-state index in [1.54, 1.807) is 25.4 Å². The van der Waals surface area contributed by atoms with E-state index in [9.17, 15) is 9.18 Å². The number of carbonyl (C=O) groups is 1. The van der Waals surface area contributed by atoms with Crippen LogP contribution < -0.4 is 20.9 Å². The van der Waals surface area contributed by atoms with Gasteiger partial charge in [0.05, 0.1) is 10.6 Å². The van der Waals surface area contributed by atoms with Crippen molar-refractivity contribution in [3.05, 3.63) is 59.0 Å². The second kappa shape index (κ2) is 11.9. The lowest BCUT2D eigenvalue weighted by Gasteiger charge is -2.20. The predicted octanol–water partition coefficient (Wildman–Crippen LogP) is 2.67. The number of halogens is 3. The lowest BCUT2D eigenvalue weighted by molar-refractivity contribution is 0.0950. The number of amides is 1. The molecule has 1 fully saturated rings. The molecule has 1 aliphatic heterocycles. The van der Waals surface area contributed by atoms with Crippen molar-refractivity contribution in [1.82, 2.24) is 20.9 Å². The van der Waals surface area contributed by atoms with Crippen molar-refractivity contribution < 1.29 is 9.18 Å². The first-order chi connectivity index (χ1) is 14.1. The first-order valence-electron chi connectivity index (χ1n) is 9.44. The molecule has 1 aliphatic rings. The minimum absolute atomic E-state index is 0. The molecule has 0 radical (unpaired) electrons. The highest BCUT2D eigenvalue weighted by Crippen LogP contribution is 2.25. The molecule has 1 saturated heterocycles. The van der Waals surface area contributed by atoms with Crippen molar-refractivity contribution in [3.8, 4) is 0 Å². The Hall–Kier alpha value is -2.14. The van der Waals surface area contributed by atoms with E-state index >= 15 is 0 Å². The summed E-state index contributed by atoms with van der Waals surface area (Å²) in [5.74, 6) is 0.460. The molecule has 2 heterocycles. The van der Waals surface area contributed by atoms with Crippen LogP contribution >= 0.6 is 35.6 Å². The SMILES string of the molecule is CN=C(NCCNC(=O)c1ccccc1F)NC1CCN(c2ncccc2Cl)C1.I. The summed E-state index contributed by atoms with van der Waals surface area (Å²) in [6.07, 6.45) is 2.66. The third-order valence-electron chi connectivity index (χ3n) is 4.61. The van der Waals surface area contributed by atoms with Crippen LogP contribution in [-0.4, -0.2) is 56.1 Å². The summed E-state index contributed by atoms with van der Waals surface area (Å²) in [6.45, 7) is 2.42. The summed E-state index contributed by atoms with van der Waals surface area (Å²) in [6, 6.07) is 9.75. The molecular formula is C20H25ClFIN6O. The quantitative estimate of drug-likeness (QED) is 0.225. The van der Waals surface area contributed by atoms with E-state index in [-0.39, 0.29) is 35.6 Å². The molecule has 0 spiro atoms. The minimum atomic E-state index is -0.533. The molecule has 10 heteroatoms. The number of benzene rings is 1. The van der Waals surface area contributed by atoms with E-state index < -0.39 is 11.7 Å². The Morgan fingerprint density at radius 3 is 2.77 bits per heavy atom. The number of hydrogen-bond donors (Lipinski definition) is 3. The van der Waals surface area contributed by atoms with Crippen LogP contribution in [0.4, 0.5) is 10.2 Å². The molecule has 2 aromatic rings. The maximum atomic E-state index is 13.6. The van der Waals surface area contributed by atoms with Gasteiger partial charge < -0.3 is 20.9 Å². The normalized spacial score (nSPS) is 16.0. The van der Waals surface area contributed by atoms with E-state index in [2.05, 4.69) is 30.8 Å². The van der Waals surface area contributed by atoms with Gasteiger partial charge in [0, 0.05) is 45.5 Å². The smallest absolute Gasteiger partial charge is 0.254 e. The van der Waals surface area contributed by atoms with Gasteiger partial charge in [-0.15, -0.1) is 24.0 Å². The maximum absolute atomic E-state index is 13.6. The maximum Gasteiger partial charge on any atom is 0.254 e. The van der Waals surface area contributed by atoms with Crippen LogP contribution in [0.25, 0.3) is 0 Å². The molecule has 1 unspecified atom stereocenters. The molecule has 162 valence electrons. The fraction of sp³-hybridized carbons (Fsp3) is 0.350. The molecule has 3 rings (SSSR count). The summed E-state index contributed by atoms with van der Waals surface area (Å²) < 4.78 is 13.6. The van der Waals surface area contributed by atoms with Gasteiger partial charge in [0.2, 0.25) is 0 Å². The lowest BCUT2D eigenvalue weighted by atomic mass is 10.2. The number of nitrogens with one attached hydrogen (secondary N) is 3. The second-order valence-electron chi connectivity index (χ2n) is 6.62. The zero-order valence-corrected chi connectivity index (χ0v) is 19.7. The van der Waals surface area contributed by atoms with Crippen molar-refractivity contribution >= 4 is 53.3 Å². The molecule has 0 bridgehead atoms. The first-order valence-corrected chi connectivity index (χ1v) is 9.81. The zero-order valence-electron chi connectivity index (χ0n) is 16.6.